The van der Waals surface area contributed by atoms with Crippen LogP contribution in [-0.2, 0) is 17.6 Å². The van der Waals surface area contributed by atoms with Gasteiger partial charge < -0.3 is 5.32 Å². The molecule has 1 saturated heterocycles. The maximum Gasteiger partial charge on any atom is 0.242 e. The molecule has 0 bridgehead atoms. The highest BCUT2D eigenvalue weighted by atomic mass is 32.1. The van der Waals surface area contributed by atoms with Crippen molar-refractivity contribution in [3.8, 4) is 6.07 Å². The number of carbonyl (C=O) groups excluding carboxylic acids is 1. The molecule has 1 aliphatic carbocycles. The van der Waals surface area contributed by atoms with Crippen LogP contribution in [-0.4, -0.2) is 23.4 Å². The van der Waals surface area contributed by atoms with Gasteiger partial charge in [0.15, 0.2) is 0 Å². The molecule has 27 heavy (non-hydrogen) atoms. The Labute approximate surface area is 168 Å². The molecule has 0 aromatic carbocycles. The fourth-order valence-corrected chi connectivity index (χ4v) is 6.48. The molecule has 3 heterocycles. The first-order valence-electron chi connectivity index (χ1n) is 9.83. The van der Waals surface area contributed by atoms with Crippen LogP contribution in [0.5, 0.6) is 0 Å². The van der Waals surface area contributed by atoms with Crippen molar-refractivity contribution < 1.29 is 4.79 Å². The van der Waals surface area contributed by atoms with Gasteiger partial charge in [0.25, 0.3) is 0 Å². The van der Waals surface area contributed by atoms with Crippen LogP contribution in [0, 0.1) is 11.3 Å². The van der Waals surface area contributed by atoms with E-state index in [1.165, 1.54) is 28.2 Å². The summed E-state index contributed by atoms with van der Waals surface area (Å²) >= 11 is 3.38. The monoisotopic (exact) mass is 399 g/mol. The number of likely N-dealkylation sites (tertiary alicyclic amines) is 1. The zero-order valence-corrected chi connectivity index (χ0v) is 17.3. The van der Waals surface area contributed by atoms with Gasteiger partial charge in [0.05, 0.1) is 11.6 Å². The molecule has 2 aromatic rings. The number of hydrogen-bond acceptors (Lipinski definition) is 5. The number of rotatable bonds is 4. The van der Waals surface area contributed by atoms with Gasteiger partial charge in [-0.05, 0) is 69.0 Å². The number of carbonyl (C=O) groups is 1. The van der Waals surface area contributed by atoms with E-state index in [0.717, 1.165) is 43.6 Å². The molecule has 0 spiro atoms. The number of anilines is 1. The SMILES string of the molecule is CC(C(=O)Nc1sc2c(c1C#N)CCCCC2)N1CCCC1c1cccs1. The smallest absolute Gasteiger partial charge is 0.242 e. The van der Waals surface area contributed by atoms with Gasteiger partial charge >= 0.3 is 0 Å². The molecule has 0 saturated carbocycles. The quantitative estimate of drug-likeness (QED) is 0.727. The van der Waals surface area contributed by atoms with E-state index in [-0.39, 0.29) is 11.9 Å². The van der Waals surface area contributed by atoms with E-state index in [9.17, 15) is 10.1 Å². The number of nitrogens with zero attached hydrogens (tertiary/aromatic N) is 2. The minimum absolute atomic E-state index is 0.00589. The van der Waals surface area contributed by atoms with Crippen LogP contribution in [0.25, 0.3) is 0 Å². The van der Waals surface area contributed by atoms with Crippen LogP contribution in [0.15, 0.2) is 17.5 Å². The molecule has 1 fully saturated rings. The summed E-state index contributed by atoms with van der Waals surface area (Å²) < 4.78 is 0. The Kier molecular flexibility index (Phi) is 5.63. The van der Waals surface area contributed by atoms with E-state index in [1.807, 2.05) is 6.92 Å². The Bertz CT molecular complexity index is 850. The second kappa shape index (κ2) is 8.14. The molecule has 1 aliphatic heterocycles. The second-order valence-corrected chi connectivity index (χ2v) is 9.54. The van der Waals surface area contributed by atoms with Crippen molar-refractivity contribution in [3.63, 3.8) is 0 Å². The summed E-state index contributed by atoms with van der Waals surface area (Å²) in [5.41, 5.74) is 1.88. The highest BCUT2D eigenvalue weighted by molar-refractivity contribution is 7.16. The fourth-order valence-electron chi connectivity index (χ4n) is 4.35. The van der Waals surface area contributed by atoms with Crippen LogP contribution < -0.4 is 5.32 Å². The maximum atomic E-state index is 13.0. The average molecular weight is 400 g/mol. The maximum absolute atomic E-state index is 13.0. The van der Waals surface area contributed by atoms with Crippen molar-refractivity contribution in [2.75, 3.05) is 11.9 Å². The van der Waals surface area contributed by atoms with Crippen LogP contribution >= 0.6 is 22.7 Å². The molecule has 2 aromatic heterocycles. The third-order valence-electron chi connectivity index (χ3n) is 5.81. The van der Waals surface area contributed by atoms with Gasteiger partial charge in [-0.1, -0.05) is 12.5 Å². The topological polar surface area (TPSA) is 56.1 Å². The van der Waals surface area contributed by atoms with E-state index in [0.29, 0.717) is 11.6 Å². The number of nitriles is 1. The third kappa shape index (κ3) is 3.69. The Morgan fingerprint density at radius 3 is 2.96 bits per heavy atom. The van der Waals surface area contributed by atoms with Crippen LogP contribution in [0.1, 0.15) is 66.0 Å². The summed E-state index contributed by atoms with van der Waals surface area (Å²) in [6.07, 6.45) is 7.77. The van der Waals surface area contributed by atoms with Gasteiger partial charge in [0.2, 0.25) is 5.91 Å². The lowest BCUT2D eigenvalue weighted by Gasteiger charge is -2.29. The molecule has 142 valence electrons. The van der Waals surface area contributed by atoms with Gasteiger partial charge in [-0.3, -0.25) is 9.69 Å². The summed E-state index contributed by atoms with van der Waals surface area (Å²) in [7, 11) is 0. The van der Waals surface area contributed by atoms with Crippen LogP contribution in [0.3, 0.4) is 0 Å². The molecule has 1 N–H and O–H groups in total. The van der Waals surface area contributed by atoms with Crippen molar-refractivity contribution in [1.29, 1.82) is 5.26 Å². The molecule has 6 heteroatoms. The number of fused-ring (bicyclic) bond motifs is 1. The van der Waals surface area contributed by atoms with Gasteiger partial charge in [-0.2, -0.15) is 5.26 Å². The molecule has 1 amide bonds. The van der Waals surface area contributed by atoms with Crippen molar-refractivity contribution in [2.24, 2.45) is 0 Å². The predicted molar refractivity (Wildman–Crippen MR) is 111 cm³/mol. The molecular weight excluding hydrogens is 374 g/mol. The molecule has 2 aliphatic rings. The summed E-state index contributed by atoms with van der Waals surface area (Å²) in [5.74, 6) is 0.00589. The zero-order valence-electron chi connectivity index (χ0n) is 15.7. The molecule has 4 nitrogen and oxygen atoms in total. The first kappa shape index (κ1) is 18.7. The number of hydrogen-bond donors (Lipinski definition) is 1. The van der Waals surface area contributed by atoms with E-state index < -0.39 is 0 Å². The fraction of sp³-hybridized carbons (Fsp3) is 0.524. The Balaban J connectivity index is 1.51. The molecule has 4 rings (SSSR count). The van der Waals surface area contributed by atoms with Gasteiger partial charge in [0, 0.05) is 15.8 Å². The first-order valence-corrected chi connectivity index (χ1v) is 11.5. The summed E-state index contributed by atoms with van der Waals surface area (Å²) in [6, 6.07) is 6.75. The molecule has 2 atom stereocenters. The van der Waals surface area contributed by atoms with Gasteiger partial charge in [-0.25, -0.2) is 0 Å². The Hall–Kier alpha value is -1.68. The van der Waals surface area contributed by atoms with E-state index in [1.54, 1.807) is 22.7 Å². The molecule has 0 radical (unpaired) electrons. The minimum atomic E-state index is -0.201. The Morgan fingerprint density at radius 2 is 2.19 bits per heavy atom. The van der Waals surface area contributed by atoms with Crippen molar-refractivity contribution in [1.82, 2.24) is 4.90 Å². The minimum Gasteiger partial charge on any atom is -0.315 e. The highest BCUT2D eigenvalue weighted by Gasteiger charge is 2.34. The lowest BCUT2D eigenvalue weighted by atomic mass is 10.1. The number of nitrogens with one attached hydrogen (secondary N) is 1. The molecule has 2 unspecified atom stereocenters. The third-order valence-corrected chi connectivity index (χ3v) is 7.99. The molecular formula is C21H25N3OS2. The van der Waals surface area contributed by atoms with Crippen molar-refractivity contribution in [2.45, 2.75) is 64.0 Å². The lowest BCUT2D eigenvalue weighted by Crippen LogP contribution is -2.41. The number of aryl methyl sites for hydroxylation is 1. The van der Waals surface area contributed by atoms with Crippen LogP contribution in [0.2, 0.25) is 0 Å². The van der Waals surface area contributed by atoms with Crippen molar-refractivity contribution >= 4 is 33.6 Å². The summed E-state index contributed by atoms with van der Waals surface area (Å²) in [4.78, 5) is 18.0. The van der Waals surface area contributed by atoms with Gasteiger partial charge in [-0.15, -0.1) is 22.7 Å². The number of thiophene rings is 2. The van der Waals surface area contributed by atoms with Crippen molar-refractivity contribution in [3.05, 3.63) is 38.4 Å². The second-order valence-electron chi connectivity index (χ2n) is 7.46. The zero-order chi connectivity index (χ0) is 18.8. The largest absolute Gasteiger partial charge is 0.315 e. The summed E-state index contributed by atoms with van der Waals surface area (Å²) in [6.45, 7) is 2.94. The van der Waals surface area contributed by atoms with E-state index in [2.05, 4.69) is 33.8 Å². The lowest BCUT2D eigenvalue weighted by molar-refractivity contribution is -0.121. The van der Waals surface area contributed by atoms with E-state index >= 15 is 0 Å². The summed E-state index contributed by atoms with van der Waals surface area (Å²) in [5, 5.41) is 15.6. The first-order chi connectivity index (χ1) is 13.2. The average Bonchev–Trinajstić information content (AvgIpc) is 3.38. The normalized spacial score (nSPS) is 21.3. The van der Waals surface area contributed by atoms with Gasteiger partial charge in [0.1, 0.15) is 11.1 Å². The standard InChI is InChI=1S/C21H25N3OS2/c1-14(24-11-5-8-17(24)19-10-6-12-26-19)20(25)23-21-16(13-22)15-7-3-2-4-9-18(15)27-21/h6,10,12,14,17H,2-5,7-9,11H2,1H3,(H,23,25). The predicted octanol–water partition coefficient (Wildman–Crippen LogP) is 5.11. The Morgan fingerprint density at radius 1 is 1.33 bits per heavy atom. The van der Waals surface area contributed by atoms with E-state index in [4.69, 9.17) is 0 Å². The number of amides is 1. The van der Waals surface area contributed by atoms with Crippen LogP contribution in [0.4, 0.5) is 5.00 Å². The highest BCUT2D eigenvalue weighted by Crippen LogP contribution is 2.38.